The average molecular weight is 258 g/mol. The molecule has 2 rings (SSSR count). The molecule has 1 unspecified atom stereocenters. The highest BCUT2D eigenvalue weighted by atomic mass is 16.5. The topological polar surface area (TPSA) is 49.7 Å². The Hall–Kier alpha value is -2.16. The van der Waals surface area contributed by atoms with Crippen molar-refractivity contribution in [3.63, 3.8) is 0 Å². The normalized spacial score (nSPS) is 12.1. The predicted octanol–water partition coefficient (Wildman–Crippen LogP) is 3.67. The van der Waals surface area contributed by atoms with Crippen molar-refractivity contribution in [1.29, 1.82) is 0 Å². The van der Waals surface area contributed by atoms with E-state index in [-0.39, 0.29) is 17.4 Å². The highest BCUT2D eigenvalue weighted by Crippen LogP contribution is 2.31. The average Bonchev–Trinajstić information content (AvgIpc) is 2.42. The van der Waals surface area contributed by atoms with Gasteiger partial charge in [0.15, 0.2) is 0 Å². The van der Waals surface area contributed by atoms with Crippen LogP contribution in [-0.2, 0) is 0 Å². The molecule has 2 aromatic rings. The maximum absolute atomic E-state index is 9.77. The molecule has 0 radical (unpaired) electrons. The van der Waals surface area contributed by atoms with E-state index < -0.39 is 0 Å². The monoisotopic (exact) mass is 258 g/mol. The maximum atomic E-state index is 9.77. The van der Waals surface area contributed by atoms with E-state index in [9.17, 15) is 10.2 Å². The van der Waals surface area contributed by atoms with Gasteiger partial charge >= 0.3 is 0 Å². The van der Waals surface area contributed by atoms with Crippen LogP contribution in [0, 0.1) is 0 Å². The number of ether oxygens (including phenoxy) is 1. The molecule has 3 nitrogen and oxygen atoms in total. The number of rotatable bonds is 5. The first-order valence-electron chi connectivity index (χ1n) is 6.36. The Morgan fingerprint density at radius 1 is 1.05 bits per heavy atom. The largest absolute Gasteiger partial charge is 0.508 e. The van der Waals surface area contributed by atoms with Crippen molar-refractivity contribution in [3.05, 3.63) is 54.1 Å². The third-order valence-electron chi connectivity index (χ3n) is 3.10. The van der Waals surface area contributed by atoms with Gasteiger partial charge in [-0.3, -0.25) is 0 Å². The molecule has 3 heteroatoms. The standard InChI is InChI=1S/C16H18O3/c1-12(15-11-13(17)7-8-16(15)18)9-10-19-14-5-3-2-4-6-14/h2-8,11-12,17-18H,9-10H2,1H3. The van der Waals surface area contributed by atoms with E-state index in [1.54, 1.807) is 6.07 Å². The van der Waals surface area contributed by atoms with E-state index in [1.807, 2.05) is 37.3 Å². The van der Waals surface area contributed by atoms with Crippen LogP contribution in [0.15, 0.2) is 48.5 Å². The first-order chi connectivity index (χ1) is 9.16. The van der Waals surface area contributed by atoms with Crippen molar-refractivity contribution in [2.45, 2.75) is 19.3 Å². The van der Waals surface area contributed by atoms with Gasteiger partial charge in [0.05, 0.1) is 6.61 Å². The first kappa shape index (κ1) is 13.3. The van der Waals surface area contributed by atoms with Crippen LogP contribution in [0.1, 0.15) is 24.8 Å². The molecule has 2 N–H and O–H groups in total. The molecule has 0 aliphatic rings. The van der Waals surface area contributed by atoms with Gasteiger partial charge in [0, 0.05) is 5.56 Å². The number of hydrogen-bond donors (Lipinski definition) is 2. The van der Waals surface area contributed by atoms with Crippen LogP contribution >= 0.6 is 0 Å². The molecule has 0 saturated carbocycles. The lowest BCUT2D eigenvalue weighted by Gasteiger charge is -2.14. The molecule has 0 aromatic heterocycles. The van der Waals surface area contributed by atoms with Crippen LogP contribution in [0.4, 0.5) is 0 Å². The summed E-state index contributed by atoms with van der Waals surface area (Å²) < 4.78 is 5.62. The summed E-state index contributed by atoms with van der Waals surface area (Å²) in [5, 5.41) is 19.2. The van der Waals surface area contributed by atoms with Crippen LogP contribution in [0.25, 0.3) is 0 Å². The van der Waals surface area contributed by atoms with E-state index in [0.29, 0.717) is 6.61 Å². The molecule has 1 atom stereocenters. The van der Waals surface area contributed by atoms with Gasteiger partial charge in [-0.2, -0.15) is 0 Å². The second-order valence-electron chi connectivity index (χ2n) is 4.59. The Bertz CT molecular complexity index is 523. The third-order valence-corrected chi connectivity index (χ3v) is 3.10. The molecular weight excluding hydrogens is 240 g/mol. The van der Waals surface area contributed by atoms with Crippen molar-refractivity contribution in [2.24, 2.45) is 0 Å². The number of hydrogen-bond acceptors (Lipinski definition) is 3. The molecule has 0 spiro atoms. The first-order valence-corrected chi connectivity index (χ1v) is 6.36. The van der Waals surface area contributed by atoms with Gasteiger partial charge in [0.2, 0.25) is 0 Å². The minimum Gasteiger partial charge on any atom is -0.508 e. The minimum atomic E-state index is 0.121. The molecule has 0 aliphatic carbocycles. The van der Waals surface area contributed by atoms with Crippen molar-refractivity contribution in [2.75, 3.05) is 6.61 Å². The molecule has 0 aliphatic heterocycles. The van der Waals surface area contributed by atoms with E-state index in [1.165, 1.54) is 12.1 Å². The lowest BCUT2D eigenvalue weighted by molar-refractivity contribution is 0.299. The zero-order chi connectivity index (χ0) is 13.7. The minimum absolute atomic E-state index is 0.121. The summed E-state index contributed by atoms with van der Waals surface area (Å²) in [5.41, 5.74) is 0.747. The molecule has 0 saturated heterocycles. The van der Waals surface area contributed by atoms with E-state index >= 15 is 0 Å². The Morgan fingerprint density at radius 3 is 2.53 bits per heavy atom. The van der Waals surface area contributed by atoms with Crippen molar-refractivity contribution in [1.82, 2.24) is 0 Å². The number of aromatic hydroxyl groups is 2. The van der Waals surface area contributed by atoms with Gasteiger partial charge in [-0.05, 0) is 42.7 Å². The van der Waals surface area contributed by atoms with E-state index in [4.69, 9.17) is 4.74 Å². The Labute approximate surface area is 113 Å². The third kappa shape index (κ3) is 3.65. The van der Waals surface area contributed by atoms with Crippen molar-refractivity contribution in [3.8, 4) is 17.2 Å². The summed E-state index contributed by atoms with van der Waals surface area (Å²) >= 11 is 0. The van der Waals surface area contributed by atoms with Crippen LogP contribution in [0.2, 0.25) is 0 Å². The molecule has 19 heavy (non-hydrogen) atoms. The number of phenolic OH excluding ortho intramolecular Hbond substituents is 2. The van der Waals surface area contributed by atoms with Gasteiger partial charge in [-0.1, -0.05) is 25.1 Å². The second kappa shape index (κ2) is 6.14. The Balaban J connectivity index is 1.91. The van der Waals surface area contributed by atoms with Gasteiger partial charge in [0.1, 0.15) is 17.2 Å². The molecule has 0 fully saturated rings. The highest BCUT2D eigenvalue weighted by molar-refractivity contribution is 5.40. The molecule has 0 heterocycles. The van der Waals surface area contributed by atoms with Crippen LogP contribution in [-0.4, -0.2) is 16.8 Å². The van der Waals surface area contributed by atoms with E-state index in [2.05, 4.69) is 0 Å². The summed E-state index contributed by atoms with van der Waals surface area (Å²) in [6.45, 7) is 2.57. The van der Waals surface area contributed by atoms with Gasteiger partial charge in [-0.25, -0.2) is 0 Å². The predicted molar refractivity (Wildman–Crippen MR) is 74.7 cm³/mol. The van der Waals surface area contributed by atoms with Crippen molar-refractivity contribution >= 4 is 0 Å². The number of para-hydroxylation sites is 1. The highest BCUT2D eigenvalue weighted by Gasteiger charge is 2.11. The van der Waals surface area contributed by atoms with Gasteiger partial charge in [-0.15, -0.1) is 0 Å². The summed E-state index contributed by atoms with van der Waals surface area (Å²) in [4.78, 5) is 0. The molecule has 0 bridgehead atoms. The summed E-state index contributed by atoms with van der Waals surface area (Å²) in [6.07, 6.45) is 0.770. The molecular formula is C16H18O3. The number of phenols is 2. The summed E-state index contributed by atoms with van der Waals surface area (Å²) in [5.74, 6) is 1.35. The van der Waals surface area contributed by atoms with Crippen LogP contribution in [0.5, 0.6) is 17.2 Å². The van der Waals surface area contributed by atoms with Crippen molar-refractivity contribution < 1.29 is 14.9 Å². The SMILES string of the molecule is CC(CCOc1ccccc1)c1cc(O)ccc1O. The molecule has 0 amide bonds. The maximum Gasteiger partial charge on any atom is 0.119 e. The fourth-order valence-electron chi connectivity index (χ4n) is 1.96. The second-order valence-corrected chi connectivity index (χ2v) is 4.59. The fraction of sp³-hybridized carbons (Fsp3) is 0.250. The Kier molecular flexibility index (Phi) is 4.29. The summed E-state index contributed by atoms with van der Waals surface area (Å²) in [7, 11) is 0. The van der Waals surface area contributed by atoms with Crippen LogP contribution < -0.4 is 4.74 Å². The smallest absolute Gasteiger partial charge is 0.119 e. The number of benzene rings is 2. The quantitative estimate of drug-likeness (QED) is 0.804. The lowest BCUT2D eigenvalue weighted by Crippen LogP contribution is -2.03. The van der Waals surface area contributed by atoms with E-state index in [0.717, 1.165) is 17.7 Å². The molecule has 2 aromatic carbocycles. The molecule has 100 valence electrons. The Morgan fingerprint density at radius 2 is 1.79 bits per heavy atom. The van der Waals surface area contributed by atoms with Gasteiger partial charge < -0.3 is 14.9 Å². The summed E-state index contributed by atoms with van der Waals surface area (Å²) in [6, 6.07) is 14.2. The zero-order valence-electron chi connectivity index (χ0n) is 10.9. The zero-order valence-corrected chi connectivity index (χ0v) is 10.9. The van der Waals surface area contributed by atoms with Gasteiger partial charge in [0.25, 0.3) is 0 Å². The van der Waals surface area contributed by atoms with Crippen LogP contribution in [0.3, 0.4) is 0 Å². The lowest BCUT2D eigenvalue weighted by atomic mass is 9.97. The fourth-order valence-corrected chi connectivity index (χ4v) is 1.96.